The summed E-state index contributed by atoms with van der Waals surface area (Å²) in [7, 11) is -3.49. The van der Waals surface area contributed by atoms with Gasteiger partial charge < -0.3 is 4.90 Å². The van der Waals surface area contributed by atoms with Gasteiger partial charge in [-0.25, -0.2) is 12.8 Å². The number of nitrogens with zero attached hydrogens (tertiary/aromatic N) is 2. The molecule has 2 aromatic carbocycles. The summed E-state index contributed by atoms with van der Waals surface area (Å²) in [6, 6.07) is 12.4. The first kappa shape index (κ1) is 19.1. The quantitative estimate of drug-likeness (QED) is 0.785. The zero-order chi connectivity index (χ0) is 19.7. The predicted octanol–water partition coefficient (Wildman–Crippen LogP) is 3.59. The Hall–Kier alpha value is -2.25. The van der Waals surface area contributed by atoms with Gasteiger partial charge in [0, 0.05) is 25.2 Å². The van der Waals surface area contributed by atoms with Crippen molar-refractivity contribution in [2.45, 2.75) is 36.6 Å². The summed E-state index contributed by atoms with van der Waals surface area (Å²) >= 11 is 0. The SMILES string of the molecule is O=C(c1ccc(S(=O)(=O)N2CCCC2)cc1)N1CCC[C@H]1c1ccc(F)cc1. The number of hydrogen-bond donors (Lipinski definition) is 0. The number of amides is 1. The zero-order valence-electron chi connectivity index (χ0n) is 15.6. The number of carbonyl (C=O) groups excluding carboxylic acids is 1. The number of benzene rings is 2. The molecule has 2 aliphatic heterocycles. The first-order valence-corrected chi connectivity index (χ1v) is 11.1. The molecular formula is C21H23FN2O3S. The Morgan fingerprint density at radius 3 is 2.18 bits per heavy atom. The third kappa shape index (κ3) is 3.56. The van der Waals surface area contributed by atoms with E-state index in [0.29, 0.717) is 25.2 Å². The molecule has 2 aliphatic rings. The van der Waals surface area contributed by atoms with Gasteiger partial charge in [-0.1, -0.05) is 12.1 Å². The van der Waals surface area contributed by atoms with Crippen LogP contribution in [0.4, 0.5) is 4.39 Å². The van der Waals surface area contributed by atoms with Crippen molar-refractivity contribution in [1.29, 1.82) is 0 Å². The monoisotopic (exact) mass is 402 g/mol. The molecule has 2 heterocycles. The van der Waals surface area contributed by atoms with Gasteiger partial charge in [-0.05, 0) is 67.6 Å². The van der Waals surface area contributed by atoms with E-state index >= 15 is 0 Å². The molecule has 0 radical (unpaired) electrons. The summed E-state index contributed by atoms with van der Waals surface area (Å²) < 4.78 is 40.0. The highest BCUT2D eigenvalue weighted by molar-refractivity contribution is 7.89. The molecule has 1 amide bonds. The third-order valence-corrected chi connectivity index (χ3v) is 7.49. The van der Waals surface area contributed by atoms with Crippen LogP contribution in [-0.4, -0.2) is 43.2 Å². The lowest BCUT2D eigenvalue weighted by atomic mass is 10.0. The lowest BCUT2D eigenvalue weighted by Gasteiger charge is -2.25. The van der Waals surface area contributed by atoms with Gasteiger partial charge in [0.25, 0.3) is 5.91 Å². The molecule has 0 N–H and O–H groups in total. The summed E-state index contributed by atoms with van der Waals surface area (Å²) in [5, 5.41) is 0. The van der Waals surface area contributed by atoms with Gasteiger partial charge in [-0.2, -0.15) is 4.31 Å². The lowest BCUT2D eigenvalue weighted by Crippen LogP contribution is -2.31. The van der Waals surface area contributed by atoms with Gasteiger partial charge in [-0.3, -0.25) is 4.79 Å². The summed E-state index contributed by atoms with van der Waals surface area (Å²) in [6.07, 6.45) is 3.49. The fourth-order valence-corrected chi connectivity index (χ4v) is 5.57. The maximum atomic E-state index is 13.2. The standard InChI is InChI=1S/C21H23FN2O3S/c22-18-9-5-16(6-10-18)20-4-3-15-24(20)21(25)17-7-11-19(12-8-17)28(26,27)23-13-1-2-14-23/h5-12,20H,1-4,13-15H2/t20-/m0/s1. The third-order valence-electron chi connectivity index (χ3n) is 5.57. The van der Waals surface area contributed by atoms with Crippen LogP contribution in [0.25, 0.3) is 0 Å². The van der Waals surface area contributed by atoms with Crippen LogP contribution in [0.1, 0.15) is 47.6 Å². The predicted molar refractivity (Wildman–Crippen MR) is 104 cm³/mol. The average molecular weight is 402 g/mol. The largest absolute Gasteiger partial charge is 0.332 e. The second kappa shape index (κ2) is 7.64. The summed E-state index contributed by atoms with van der Waals surface area (Å²) in [6.45, 7) is 1.74. The molecule has 28 heavy (non-hydrogen) atoms. The van der Waals surface area contributed by atoms with Crippen molar-refractivity contribution in [3.8, 4) is 0 Å². The smallest absolute Gasteiger partial charge is 0.254 e. The van der Waals surface area contributed by atoms with E-state index in [9.17, 15) is 17.6 Å². The number of carbonyl (C=O) groups is 1. The zero-order valence-corrected chi connectivity index (χ0v) is 16.4. The molecule has 7 heteroatoms. The Morgan fingerprint density at radius 2 is 1.54 bits per heavy atom. The van der Waals surface area contributed by atoms with Gasteiger partial charge in [0.05, 0.1) is 10.9 Å². The van der Waals surface area contributed by atoms with E-state index < -0.39 is 10.0 Å². The van der Waals surface area contributed by atoms with Crippen LogP contribution in [0.2, 0.25) is 0 Å². The van der Waals surface area contributed by atoms with E-state index in [-0.39, 0.29) is 22.7 Å². The van der Waals surface area contributed by atoms with Crippen LogP contribution in [-0.2, 0) is 10.0 Å². The summed E-state index contributed by atoms with van der Waals surface area (Å²) in [5.41, 5.74) is 1.38. The Morgan fingerprint density at radius 1 is 0.893 bits per heavy atom. The highest BCUT2D eigenvalue weighted by atomic mass is 32.2. The van der Waals surface area contributed by atoms with Crippen molar-refractivity contribution in [2.75, 3.05) is 19.6 Å². The molecule has 2 aromatic rings. The minimum absolute atomic E-state index is 0.0823. The highest BCUT2D eigenvalue weighted by Crippen LogP contribution is 2.33. The minimum Gasteiger partial charge on any atom is -0.332 e. The molecule has 5 nitrogen and oxygen atoms in total. The van der Waals surface area contributed by atoms with E-state index in [1.807, 2.05) is 0 Å². The highest BCUT2D eigenvalue weighted by Gasteiger charge is 2.31. The molecule has 0 aromatic heterocycles. The average Bonchev–Trinajstić information content (AvgIpc) is 3.40. The Labute approximate surface area is 164 Å². The Balaban J connectivity index is 1.54. The van der Waals surface area contributed by atoms with Crippen molar-refractivity contribution in [1.82, 2.24) is 9.21 Å². The number of halogens is 1. The van der Waals surface area contributed by atoms with Gasteiger partial charge in [-0.15, -0.1) is 0 Å². The minimum atomic E-state index is -3.49. The molecule has 0 aliphatic carbocycles. The second-order valence-electron chi connectivity index (χ2n) is 7.34. The Kier molecular flexibility index (Phi) is 5.21. The molecule has 0 spiro atoms. The van der Waals surface area contributed by atoms with Crippen LogP contribution < -0.4 is 0 Å². The van der Waals surface area contributed by atoms with Crippen LogP contribution >= 0.6 is 0 Å². The van der Waals surface area contributed by atoms with E-state index in [1.165, 1.54) is 28.6 Å². The first-order chi connectivity index (χ1) is 13.5. The number of likely N-dealkylation sites (tertiary alicyclic amines) is 1. The van der Waals surface area contributed by atoms with Crippen LogP contribution in [0.3, 0.4) is 0 Å². The van der Waals surface area contributed by atoms with E-state index in [0.717, 1.165) is 31.2 Å². The van der Waals surface area contributed by atoms with Crippen molar-refractivity contribution < 1.29 is 17.6 Å². The number of sulfonamides is 1. The van der Waals surface area contributed by atoms with Crippen molar-refractivity contribution in [2.24, 2.45) is 0 Å². The summed E-state index contributed by atoms with van der Waals surface area (Å²) in [5.74, 6) is -0.425. The molecule has 0 bridgehead atoms. The van der Waals surface area contributed by atoms with Crippen LogP contribution in [0.15, 0.2) is 53.4 Å². The van der Waals surface area contributed by atoms with Crippen LogP contribution in [0.5, 0.6) is 0 Å². The van der Waals surface area contributed by atoms with Crippen molar-refractivity contribution in [3.63, 3.8) is 0 Å². The van der Waals surface area contributed by atoms with Gasteiger partial charge >= 0.3 is 0 Å². The number of rotatable bonds is 4. The molecule has 1 atom stereocenters. The molecule has 2 fully saturated rings. The topological polar surface area (TPSA) is 57.7 Å². The van der Waals surface area contributed by atoms with Crippen molar-refractivity contribution >= 4 is 15.9 Å². The molecule has 4 rings (SSSR count). The van der Waals surface area contributed by atoms with E-state index in [4.69, 9.17) is 0 Å². The molecular weight excluding hydrogens is 379 g/mol. The van der Waals surface area contributed by atoms with Gasteiger partial charge in [0.15, 0.2) is 0 Å². The molecule has 0 unspecified atom stereocenters. The van der Waals surface area contributed by atoms with Gasteiger partial charge in [0.1, 0.15) is 5.82 Å². The van der Waals surface area contributed by atoms with Crippen molar-refractivity contribution in [3.05, 3.63) is 65.5 Å². The number of hydrogen-bond acceptors (Lipinski definition) is 3. The maximum absolute atomic E-state index is 13.2. The molecule has 0 saturated carbocycles. The maximum Gasteiger partial charge on any atom is 0.254 e. The Bertz CT molecular complexity index is 952. The fourth-order valence-electron chi connectivity index (χ4n) is 4.05. The van der Waals surface area contributed by atoms with E-state index in [2.05, 4.69) is 0 Å². The molecule has 2 saturated heterocycles. The molecule has 148 valence electrons. The summed E-state index contributed by atoms with van der Waals surface area (Å²) in [4.78, 5) is 15.0. The normalized spacial score (nSPS) is 20.6. The van der Waals surface area contributed by atoms with Crippen LogP contribution in [0, 0.1) is 5.82 Å². The van der Waals surface area contributed by atoms with Gasteiger partial charge in [0.2, 0.25) is 10.0 Å². The van der Waals surface area contributed by atoms with E-state index in [1.54, 1.807) is 29.2 Å². The second-order valence-corrected chi connectivity index (χ2v) is 9.28. The first-order valence-electron chi connectivity index (χ1n) is 9.63. The lowest BCUT2D eigenvalue weighted by molar-refractivity contribution is 0.0735. The fraction of sp³-hybridized carbons (Fsp3) is 0.381.